The standard InChI is InChI=1S/C11H11N3O2.C4H9.O.Sn/c15-11(16)6-7-14-8-10(12-13-14)9-4-2-1-3-5-9;1-3-4-2;;/h1-5,8H,6-7H2,(H,15,16);1,3-4H2,2H3;;/q;;;+1/p-1. The third kappa shape index (κ3) is 5.32. The summed E-state index contributed by atoms with van der Waals surface area (Å²) in [6.45, 7) is 2.40. The summed E-state index contributed by atoms with van der Waals surface area (Å²) >= 11 is -3.15. The Hall–Kier alpha value is -1.57. The number of benzene rings is 1. The van der Waals surface area contributed by atoms with Crippen LogP contribution in [0.2, 0.25) is 4.44 Å². The molecule has 1 heterocycles. The predicted octanol–water partition coefficient (Wildman–Crippen LogP) is 2.60. The zero-order chi connectivity index (χ0) is 15.8. The van der Waals surface area contributed by atoms with Crippen molar-refractivity contribution < 1.29 is 10.9 Å². The van der Waals surface area contributed by atoms with Gasteiger partial charge in [0, 0.05) is 0 Å². The molecule has 7 heteroatoms. The second kappa shape index (κ2) is 8.77. The molecule has 0 aliphatic carbocycles. The Labute approximate surface area is 137 Å². The van der Waals surface area contributed by atoms with E-state index in [0.29, 0.717) is 11.0 Å². The van der Waals surface area contributed by atoms with Crippen LogP contribution >= 0.6 is 0 Å². The molecule has 116 valence electrons. The van der Waals surface area contributed by atoms with E-state index in [9.17, 15) is 7.87 Å². The van der Waals surface area contributed by atoms with Gasteiger partial charge in [-0.2, -0.15) is 0 Å². The number of carbonyl (C=O) groups excluding carboxylic acids is 1. The fourth-order valence-corrected chi connectivity index (χ4v) is 5.05. The monoisotopic (exact) mass is 409 g/mol. The molecule has 2 rings (SSSR count). The van der Waals surface area contributed by atoms with Gasteiger partial charge in [-0.15, -0.1) is 0 Å². The van der Waals surface area contributed by atoms with Crippen molar-refractivity contribution in [3.63, 3.8) is 0 Å². The van der Waals surface area contributed by atoms with Crippen molar-refractivity contribution >= 4 is 26.1 Å². The van der Waals surface area contributed by atoms with Crippen LogP contribution in [0.4, 0.5) is 0 Å². The van der Waals surface area contributed by atoms with Gasteiger partial charge in [0.1, 0.15) is 0 Å². The van der Waals surface area contributed by atoms with Crippen LogP contribution < -0.4 is 0 Å². The number of aryl methyl sites for hydroxylation is 1. The van der Waals surface area contributed by atoms with Crippen LogP contribution in [0.15, 0.2) is 36.5 Å². The van der Waals surface area contributed by atoms with Crippen LogP contribution in [0, 0.1) is 0 Å². The molecule has 0 atom stereocenters. The van der Waals surface area contributed by atoms with Crippen LogP contribution in [0.1, 0.15) is 26.2 Å². The first kappa shape index (κ1) is 16.8. The van der Waals surface area contributed by atoms with E-state index in [2.05, 4.69) is 10.3 Å². The van der Waals surface area contributed by atoms with Gasteiger partial charge in [0.2, 0.25) is 0 Å². The van der Waals surface area contributed by atoms with Gasteiger partial charge in [-0.1, -0.05) is 0 Å². The first-order chi connectivity index (χ1) is 10.7. The van der Waals surface area contributed by atoms with Gasteiger partial charge >= 0.3 is 137 Å². The molecule has 0 N–H and O–H groups in total. The van der Waals surface area contributed by atoms with Crippen molar-refractivity contribution in [2.75, 3.05) is 0 Å². The first-order valence-electron chi connectivity index (χ1n) is 7.38. The number of hydrogen-bond acceptors (Lipinski definition) is 5. The van der Waals surface area contributed by atoms with Crippen LogP contribution in [0.5, 0.6) is 0 Å². The molecule has 6 nitrogen and oxygen atoms in total. The summed E-state index contributed by atoms with van der Waals surface area (Å²) in [6, 6.07) is 9.71. The van der Waals surface area contributed by atoms with E-state index in [0.717, 1.165) is 24.1 Å². The van der Waals surface area contributed by atoms with Crippen molar-refractivity contribution in [3.05, 3.63) is 36.5 Å². The van der Waals surface area contributed by atoms with E-state index in [4.69, 9.17) is 3.07 Å². The van der Waals surface area contributed by atoms with Crippen molar-refractivity contribution in [1.82, 2.24) is 15.0 Å². The summed E-state index contributed by atoms with van der Waals surface area (Å²) in [5.74, 6) is -0.405. The molecule has 0 saturated carbocycles. The average Bonchev–Trinajstić information content (AvgIpc) is 3.01. The van der Waals surface area contributed by atoms with Gasteiger partial charge < -0.3 is 0 Å². The summed E-state index contributed by atoms with van der Waals surface area (Å²) in [6.07, 6.45) is 3.77. The van der Waals surface area contributed by atoms with Gasteiger partial charge in [0.05, 0.1) is 0 Å². The Morgan fingerprint density at radius 3 is 2.82 bits per heavy atom. The number of unbranched alkanes of at least 4 members (excludes halogenated alkanes) is 1. The number of nitrogens with zero attached hydrogens (tertiary/aromatic N) is 3. The Kier molecular flexibility index (Phi) is 6.69. The fraction of sp³-hybridized carbons (Fsp3) is 0.400. The molecule has 1 aromatic heterocycles. The molecule has 0 amide bonds. The second-order valence-corrected chi connectivity index (χ2v) is 9.07. The minimum absolute atomic E-state index is 0.163. The molecule has 0 aliphatic rings. The first-order valence-corrected chi connectivity index (χ1v) is 11.7. The van der Waals surface area contributed by atoms with Crippen molar-refractivity contribution in [2.24, 2.45) is 0 Å². The molecule has 0 fully saturated rings. The second-order valence-electron chi connectivity index (χ2n) is 4.93. The minimum atomic E-state index is -3.15. The van der Waals surface area contributed by atoms with E-state index >= 15 is 0 Å². The maximum atomic E-state index is 11.6. The third-order valence-corrected chi connectivity index (χ3v) is 6.59. The molecular weight excluding hydrogens is 389 g/mol. The zero-order valence-corrected chi connectivity index (χ0v) is 15.4. The number of aromatic nitrogens is 3. The molecule has 0 radical (unpaired) electrons. The molecule has 0 aliphatic heterocycles. The van der Waals surface area contributed by atoms with Crippen molar-refractivity contribution in [2.45, 2.75) is 37.2 Å². The summed E-state index contributed by atoms with van der Waals surface area (Å²) < 4.78 is 18.8. The maximum absolute atomic E-state index is 11.6. The Morgan fingerprint density at radius 1 is 1.32 bits per heavy atom. The van der Waals surface area contributed by atoms with Crippen molar-refractivity contribution in [3.8, 4) is 11.3 Å². The van der Waals surface area contributed by atoms with Gasteiger partial charge in [-0.3, -0.25) is 0 Å². The summed E-state index contributed by atoms with van der Waals surface area (Å²) in [4.78, 5) is 11.6. The third-order valence-electron chi connectivity index (χ3n) is 3.12. The van der Waals surface area contributed by atoms with E-state index in [1.807, 2.05) is 37.3 Å². The van der Waals surface area contributed by atoms with Crippen LogP contribution in [0.25, 0.3) is 11.3 Å². The quantitative estimate of drug-likeness (QED) is 0.628. The van der Waals surface area contributed by atoms with Gasteiger partial charge in [0.15, 0.2) is 0 Å². The molecule has 0 saturated heterocycles. The van der Waals surface area contributed by atoms with E-state index < -0.39 is 26.1 Å². The molecule has 0 bridgehead atoms. The van der Waals surface area contributed by atoms with Crippen LogP contribution in [0.3, 0.4) is 0 Å². The summed E-state index contributed by atoms with van der Waals surface area (Å²) in [7, 11) is 0. The van der Waals surface area contributed by atoms with E-state index in [1.165, 1.54) is 0 Å². The number of carbonyl (C=O) groups is 1. The van der Waals surface area contributed by atoms with Crippen molar-refractivity contribution in [1.29, 1.82) is 0 Å². The Morgan fingerprint density at radius 2 is 2.09 bits per heavy atom. The number of rotatable bonds is 8. The Balaban J connectivity index is 1.81. The van der Waals surface area contributed by atoms with Gasteiger partial charge in [-0.05, 0) is 0 Å². The van der Waals surface area contributed by atoms with Crippen LogP contribution in [-0.4, -0.2) is 41.1 Å². The van der Waals surface area contributed by atoms with Gasteiger partial charge in [0.25, 0.3) is 0 Å². The number of hydrogen-bond donors (Lipinski definition) is 0. The van der Waals surface area contributed by atoms with Gasteiger partial charge in [-0.25, -0.2) is 0 Å². The molecule has 1 aromatic carbocycles. The topological polar surface area (TPSA) is 74.1 Å². The molecule has 0 unspecified atom stereocenters. The molecule has 2 aromatic rings. The van der Waals surface area contributed by atoms with E-state index in [-0.39, 0.29) is 6.42 Å². The van der Waals surface area contributed by atoms with Crippen LogP contribution in [-0.2, 0) is 17.5 Å². The van der Waals surface area contributed by atoms with E-state index in [1.54, 1.807) is 10.9 Å². The molecule has 22 heavy (non-hydrogen) atoms. The normalized spacial score (nSPS) is 10.4. The Bertz CT molecular complexity index is 628. The predicted molar refractivity (Wildman–Crippen MR) is 82.3 cm³/mol. The summed E-state index contributed by atoms with van der Waals surface area (Å²) in [5, 5.41) is 8.07. The zero-order valence-electron chi connectivity index (χ0n) is 12.6. The molecular formula is C15H19N3O3Sn. The average molecular weight is 408 g/mol. The SMILES string of the molecule is CCC[CH2][Sn](=[O])[O]C(=O)CCn1cc(-c2ccccc2)nn1. The fourth-order valence-electron chi connectivity index (χ4n) is 1.90. The summed E-state index contributed by atoms with van der Waals surface area (Å²) in [5.41, 5.74) is 1.74. The molecule has 0 spiro atoms.